The molecular formula is C41H43N7O5. The molecule has 3 aromatic carbocycles. The van der Waals surface area contributed by atoms with Crippen LogP contribution in [0.4, 0.5) is 4.79 Å². The van der Waals surface area contributed by atoms with Crippen molar-refractivity contribution >= 4 is 17.9 Å². The number of carbonyl (C=O) groups excluding carboxylic acids is 3. The standard InChI is InChI=1S/C41H43N7O5/c1-52-41(51)46-36(30-8-3-2-4-9-30)40(50)48-22-6-11-34(48)38-43-25-32(45-38)29-19-15-27(16-20-29)26-13-17-28(18-14-26)31-24-42-37(44-31)33-10-5-21-47(33)39(49)35-12-7-23-53-35/h2-4,8-9,13-20,24-25,33-36H,5-7,10-12,21-23H2,1H3,(H,42,44)(H,43,45)(H,46,51)/t33?,34?,35?,36-/m1/s1. The summed E-state index contributed by atoms with van der Waals surface area (Å²) in [5.74, 6) is 1.42. The molecule has 0 spiro atoms. The van der Waals surface area contributed by atoms with Crippen LogP contribution in [0.1, 0.15) is 73.9 Å². The van der Waals surface area contributed by atoms with Crippen LogP contribution in [0.15, 0.2) is 91.3 Å². The van der Waals surface area contributed by atoms with Gasteiger partial charge in [0.05, 0.1) is 43.0 Å². The highest BCUT2D eigenvalue weighted by molar-refractivity contribution is 5.87. The summed E-state index contributed by atoms with van der Waals surface area (Å²) >= 11 is 0. The third-order valence-corrected chi connectivity index (χ3v) is 10.7. The predicted molar refractivity (Wildman–Crippen MR) is 198 cm³/mol. The first-order valence-electron chi connectivity index (χ1n) is 18.4. The molecule has 5 heterocycles. The molecule has 5 aromatic rings. The molecule has 3 aliphatic rings. The van der Waals surface area contributed by atoms with Crippen LogP contribution in [0.2, 0.25) is 0 Å². The SMILES string of the molecule is COC(=O)N[C@@H](C(=O)N1CCCC1c1ncc(-c2ccc(-c3ccc(-c4cnc(C5CCCN5C(=O)C5CCCO5)[nH]4)cc3)cc2)[nH]1)c1ccccc1. The Morgan fingerprint density at radius 1 is 0.736 bits per heavy atom. The Hall–Kier alpha value is -5.75. The van der Waals surface area contributed by atoms with Crippen molar-refractivity contribution in [2.24, 2.45) is 0 Å². The van der Waals surface area contributed by atoms with Crippen molar-refractivity contribution in [1.29, 1.82) is 0 Å². The van der Waals surface area contributed by atoms with Gasteiger partial charge in [-0.15, -0.1) is 0 Å². The largest absolute Gasteiger partial charge is 0.453 e. The smallest absolute Gasteiger partial charge is 0.407 e. The first-order chi connectivity index (χ1) is 26.0. The molecule has 0 radical (unpaired) electrons. The molecule has 272 valence electrons. The van der Waals surface area contributed by atoms with Gasteiger partial charge < -0.3 is 34.6 Å². The number of rotatable bonds is 9. The van der Waals surface area contributed by atoms with E-state index in [0.717, 1.165) is 84.5 Å². The maximum atomic E-state index is 13.9. The van der Waals surface area contributed by atoms with E-state index in [0.29, 0.717) is 24.5 Å². The van der Waals surface area contributed by atoms with Crippen LogP contribution < -0.4 is 5.32 Å². The van der Waals surface area contributed by atoms with Crippen molar-refractivity contribution in [3.8, 4) is 33.6 Å². The first-order valence-corrected chi connectivity index (χ1v) is 18.4. The minimum absolute atomic E-state index is 0.0499. The number of ether oxygens (including phenoxy) is 2. The van der Waals surface area contributed by atoms with Gasteiger partial charge in [0, 0.05) is 19.7 Å². The van der Waals surface area contributed by atoms with Crippen molar-refractivity contribution in [3.05, 3.63) is 108 Å². The summed E-state index contributed by atoms with van der Waals surface area (Å²) in [5, 5.41) is 2.71. The Kier molecular flexibility index (Phi) is 9.77. The molecule has 3 unspecified atom stereocenters. The Morgan fingerprint density at radius 3 is 1.83 bits per heavy atom. The molecule has 12 heteroatoms. The monoisotopic (exact) mass is 713 g/mol. The number of alkyl carbamates (subject to hydrolysis) is 1. The summed E-state index contributed by atoms with van der Waals surface area (Å²) in [6.45, 7) is 1.96. The van der Waals surface area contributed by atoms with E-state index in [4.69, 9.17) is 14.5 Å². The molecule has 0 bridgehead atoms. The topological polar surface area (TPSA) is 146 Å². The number of amides is 3. The molecule has 4 atom stereocenters. The zero-order valence-electron chi connectivity index (χ0n) is 29.7. The summed E-state index contributed by atoms with van der Waals surface area (Å²) in [6.07, 6.45) is 7.86. The molecule has 12 nitrogen and oxygen atoms in total. The van der Waals surface area contributed by atoms with Crippen LogP contribution >= 0.6 is 0 Å². The Labute approximate surface area is 307 Å². The number of hydrogen-bond acceptors (Lipinski definition) is 7. The maximum Gasteiger partial charge on any atom is 0.407 e. The Balaban J connectivity index is 0.929. The second-order valence-electron chi connectivity index (χ2n) is 13.9. The molecule has 0 saturated carbocycles. The van der Waals surface area contributed by atoms with E-state index in [-0.39, 0.29) is 30.0 Å². The number of nitrogens with zero attached hydrogens (tertiary/aromatic N) is 4. The summed E-state index contributed by atoms with van der Waals surface area (Å²) in [7, 11) is 1.29. The van der Waals surface area contributed by atoms with E-state index in [1.807, 2.05) is 47.6 Å². The van der Waals surface area contributed by atoms with Crippen molar-refractivity contribution in [2.75, 3.05) is 26.8 Å². The highest BCUT2D eigenvalue weighted by Crippen LogP contribution is 2.36. The van der Waals surface area contributed by atoms with Crippen LogP contribution in [0.5, 0.6) is 0 Å². The van der Waals surface area contributed by atoms with Gasteiger partial charge in [-0.2, -0.15) is 0 Å². The minimum Gasteiger partial charge on any atom is -0.453 e. The Morgan fingerprint density at radius 2 is 1.28 bits per heavy atom. The van der Waals surface area contributed by atoms with Crippen molar-refractivity contribution in [2.45, 2.75) is 62.8 Å². The zero-order chi connectivity index (χ0) is 36.3. The molecular weight excluding hydrogens is 670 g/mol. The summed E-state index contributed by atoms with van der Waals surface area (Å²) in [6, 6.07) is 24.7. The number of nitrogens with one attached hydrogen (secondary N) is 3. The molecule has 0 aliphatic carbocycles. The van der Waals surface area contributed by atoms with Crippen LogP contribution in [0.25, 0.3) is 33.6 Å². The third kappa shape index (κ3) is 7.06. The van der Waals surface area contributed by atoms with Gasteiger partial charge in [-0.25, -0.2) is 14.8 Å². The van der Waals surface area contributed by atoms with Gasteiger partial charge in [-0.1, -0.05) is 78.9 Å². The summed E-state index contributed by atoms with van der Waals surface area (Å²) < 4.78 is 10.5. The van der Waals surface area contributed by atoms with Crippen LogP contribution in [0.3, 0.4) is 0 Å². The van der Waals surface area contributed by atoms with Crippen LogP contribution in [0, 0.1) is 0 Å². The molecule has 3 N–H and O–H groups in total. The van der Waals surface area contributed by atoms with E-state index in [1.165, 1.54) is 7.11 Å². The normalized spacial score (nSPS) is 20.4. The number of H-pyrrole nitrogens is 2. The fourth-order valence-corrected chi connectivity index (χ4v) is 7.85. The number of imidazole rings is 2. The van der Waals surface area contributed by atoms with Crippen LogP contribution in [-0.2, 0) is 19.1 Å². The van der Waals surface area contributed by atoms with E-state index in [2.05, 4.69) is 68.8 Å². The fourth-order valence-electron chi connectivity index (χ4n) is 7.85. The summed E-state index contributed by atoms with van der Waals surface area (Å²) in [4.78, 5) is 59.2. The quantitative estimate of drug-likeness (QED) is 0.154. The minimum atomic E-state index is -0.867. The highest BCUT2D eigenvalue weighted by Gasteiger charge is 2.38. The van der Waals surface area contributed by atoms with Gasteiger partial charge >= 0.3 is 6.09 Å². The van der Waals surface area contributed by atoms with Crippen molar-refractivity contribution in [3.63, 3.8) is 0 Å². The maximum absolute atomic E-state index is 13.9. The Bertz CT molecular complexity index is 2050. The lowest BCUT2D eigenvalue weighted by molar-refractivity contribution is -0.142. The second-order valence-corrected chi connectivity index (χ2v) is 13.9. The van der Waals surface area contributed by atoms with Crippen molar-refractivity contribution in [1.82, 2.24) is 35.1 Å². The lowest BCUT2D eigenvalue weighted by Crippen LogP contribution is -2.42. The molecule has 3 saturated heterocycles. The number of benzene rings is 3. The van der Waals surface area contributed by atoms with Crippen LogP contribution in [-0.4, -0.2) is 80.6 Å². The third-order valence-electron chi connectivity index (χ3n) is 10.7. The van der Waals surface area contributed by atoms with E-state index in [9.17, 15) is 14.4 Å². The van der Waals surface area contributed by atoms with E-state index >= 15 is 0 Å². The van der Waals surface area contributed by atoms with E-state index in [1.54, 1.807) is 4.90 Å². The lowest BCUT2D eigenvalue weighted by Gasteiger charge is -2.28. The lowest BCUT2D eigenvalue weighted by atomic mass is 10.0. The first kappa shape index (κ1) is 34.3. The highest BCUT2D eigenvalue weighted by atomic mass is 16.5. The number of hydrogen-bond donors (Lipinski definition) is 3. The van der Waals surface area contributed by atoms with Gasteiger partial charge in [0.2, 0.25) is 0 Å². The molecule has 3 aliphatic heterocycles. The predicted octanol–water partition coefficient (Wildman–Crippen LogP) is 6.74. The van der Waals surface area contributed by atoms with Crippen molar-refractivity contribution < 1.29 is 23.9 Å². The molecule has 3 fully saturated rings. The molecule has 53 heavy (non-hydrogen) atoms. The van der Waals surface area contributed by atoms with Gasteiger partial charge in [-0.05, 0) is 66.3 Å². The van der Waals surface area contributed by atoms with Gasteiger partial charge in [0.1, 0.15) is 23.8 Å². The zero-order valence-corrected chi connectivity index (χ0v) is 29.7. The molecule has 2 aromatic heterocycles. The number of aromatic nitrogens is 4. The molecule has 8 rings (SSSR count). The van der Waals surface area contributed by atoms with Gasteiger partial charge in [0.15, 0.2) is 0 Å². The second kappa shape index (κ2) is 15.1. The number of methoxy groups -OCH3 is 1. The number of carbonyl (C=O) groups is 3. The van der Waals surface area contributed by atoms with E-state index < -0.39 is 12.1 Å². The number of aromatic amines is 2. The molecule has 3 amide bonds. The average Bonchev–Trinajstić information content (AvgIpc) is 4.06. The fraction of sp³-hybridized carbons (Fsp3) is 0.341. The average molecular weight is 714 g/mol. The number of likely N-dealkylation sites (tertiary alicyclic amines) is 2. The summed E-state index contributed by atoms with van der Waals surface area (Å²) in [5.41, 5.74) is 6.65. The van der Waals surface area contributed by atoms with Gasteiger partial charge in [0.25, 0.3) is 11.8 Å². The van der Waals surface area contributed by atoms with Gasteiger partial charge in [-0.3, -0.25) is 9.59 Å².